The molecule has 1 atom stereocenters. The van der Waals surface area contributed by atoms with Gasteiger partial charge in [0.05, 0.1) is 22.9 Å². The van der Waals surface area contributed by atoms with Gasteiger partial charge >= 0.3 is 6.03 Å². The third-order valence-corrected chi connectivity index (χ3v) is 4.15. The van der Waals surface area contributed by atoms with Crippen LogP contribution in [0.3, 0.4) is 0 Å². The van der Waals surface area contributed by atoms with Gasteiger partial charge in [-0.2, -0.15) is 5.10 Å². The van der Waals surface area contributed by atoms with E-state index >= 15 is 0 Å². The van der Waals surface area contributed by atoms with Crippen molar-refractivity contribution >= 4 is 6.03 Å². The Morgan fingerprint density at radius 3 is 2.68 bits per heavy atom. The lowest BCUT2D eigenvalue weighted by molar-refractivity contribution is -0.0690. The highest BCUT2D eigenvalue weighted by atomic mass is 16.5. The molecule has 0 bridgehead atoms. The van der Waals surface area contributed by atoms with E-state index in [0.717, 1.165) is 24.1 Å². The number of aromatic nitrogens is 2. The minimum atomic E-state index is -0.357. The first kappa shape index (κ1) is 16.8. The summed E-state index contributed by atoms with van der Waals surface area (Å²) < 4.78 is 7.78. The van der Waals surface area contributed by atoms with E-state index in [-0.39, 0.29) is 23.3 Å². The summed E-state index contributed by atoms with van der Waals surface area (Å²) in [6, 6.07) is -0.160. The fourth-order valence-corrected chi connectivity index (χ4v) is 3.20. The molecule has 124 valence electrons. The number of nitrogens with zero attached hydrogens (tertiary/aromatic N) is 2. The largest absolute Gasteiger partial charge is 0.367 e. The van der Waals surface area contributed by atoms with Crippen LogP contribution in [0.25, 0.3) is 0 Å². The van der Waals surface area contributed by atoms with Crippen molar-refractivity contribution in [3.05, 3.63) is 17.5 Å². The zero-order valence-electron chi connectivity index (χ0n) is 14.5. The second-order valence-corrected chi connectivity index (χ2v) is 7.18. The van der Waals surface area contributed by atoms with Gasteiger partial charge in [0, 0.05) is 25.4 Å². The number of urea groups is 1. The molecule has 22 heavy (non-hydrogen) atoms. The number of hydrogen-bond donors (Lipinski definition) is 2. The van der Waals surface area contributed by atoms with Crippen molar-refractivity contribution in [2.24, 2.45) is 7.05 Å². The Bertz CT molecular complexity index is 548. The average Bonchev–Trinajstić information content (AvgIpc) is 2.83. The first-order chi connectivity index (χ1) is 10.1. The molecule has 2 rings (SSSR count). The minimum absolute atomic E-state index is 0.00189. The Balaban J connectivity index is 1.91. The summed E-state index contributed by atoms with van der Waals surface area (Å²) in [5, 5.41) is 10.3. The summed E-state index contributed by atoms with van der Waals surface area (Å²) in [7, 11) is 1.89. The van der Waals surface area contributed by atoms with Gasteiger partial charge < -0.3 is 15.4 Å². The van der Waals surface area contributed by atoms with E-state index in [1.807, 2.05) is 27.1 Å². The van der Waals surface area contributed by atoms with Crippen LogP contribution in [0.1, 0.15) is 52.3 Å². The van der Waals surface area contributed by atoms with Crippen LogP contribution in [-0.4, -0.2) is 33.1 Å². The SMILES string of the molecule is CCc1nn(C)cc1CNC(=O)N[C@@H]1CC(C)(C)OC1(C)C. The molecule has 1 saturated heterocycles. The first-order valence-corrected chi connectivity index (χ1v) is 7.89. The summed E-state index contributed by atoms with van der Waals surface area (Å²) in [6.45, 7) is 10.7. The highest BCUT2D eigenvalue weighted by Gasteiger charge is 2.46. The Morgan fingerprint density at radius 1 is 1.45 bits per heavy atom. The summed E-state index contributed by atoms with van der Waals surface area (Å²) in [5.74, 6) is 0. The Labute approximate surface area is 132 Å². The highest BCUT2D eigenvalue weighted by Crippen LogP contribution is 2.37. The summed E-state index contributed by atoms with van der Waals surface area (Å²) in [5.41, 5.74) is 1.51. The second kappa shape index (κ2) is 5.91. The third-order valence-electron chi connectivity index (χ3n) is 4.15. The topological polar surface area (TPSA) is 68.2 Å². The van der Waals surface area contributed by atoms with Gasteiger partial charge in [-0.3, -0.25) is 4.68 Å². The van der Waals surface area contributed by atoms with Gasteiger partial charge in [-0.15, -0.1) is 0 Å². The quantitative estimate of drug-likeness (QED) is 0.895. The first-order valence-electron chi connectivity index (χ1n) is 7.89. The lowest BCUT2D eigenvalue weighted by atomic mass is 9.95. The Kier molecular flexibility index (Phi) is 4.52. The van der Waals surface area contributed by atoms with E-state index < -0.39 is 0 Å². The van der Waals surface area contributed by atoms with Gasteiger partial charge in [0.25, 0.3) is 0 Å². The average molecular weight is 308 g/mol. The molecular weight excluding hydrogens is 280 g/mol. The molecule has 0 aliphatic carbocycles. The van der Waals surface area contributed by atoms with Crippen molar-refractivity contribution in [3.8, 4) is 0 Å². The van der Waals surface area contributed by atoms with Crippen molar-refractivity contribution in [2.75, 3.05) is 0 Å². The van der Waals surface area contributed by atoms with Gasteiger partial charge in [0.15, 0.2) is 0 Å². The van der Waals surface area contributed by atoms with Crippen LogP contribution in [0.5, 0.6) is 0 Å². The minimum Gasteiger partial charge on any atom is -0.367 e. The Morgan fingerprint density at radius 2 is 2.14 bits per heavy atom. The molecule has 1 fully saturated rings. The summed E-state index contributed by atoms with van der Waals surface area (Å²) >= 11 is 0. The van der Waals surface area contributed by atoms with E-state index in [1.165, 1.54) is 0 Å². The van der Waals surface area contributed by atoms with E-state index in [4.69, 9.17) is 4.74 Å². The van der Waals surface area contributed by atoms with Crippen LogP contribution in [0, 0.1) is 0 Å². The van der Waals surface area contributed by atoms with Crippen molar-refractivity contribution in [2.45, 2.75) is 71.2 Å². The van der Waals surface area contributed by atoms with Gasteiger partial charge in [-0.05, 0) is 40.5 Å². The van der Waals surface area contributed by atoms with Crippen LogP contribution in [0.4, 0.5) is 4.79 Å². The van der Waals surface area contributed by atoms with E-state index in [0.29, 0.717) is 6.54 Å². The van der Waals surface area contributed by atoms with Gasteiger partial charge in [0.2, 0.25) is 0 Å². The van der Waals surface area contributed by atoms with Gasteiger partial charge in [-0.1, -0.05) is 6.92 Å². The predicted octanol–water partition coefficient (Wildman–Crippen LogP) is 2.13. The number of ether oxygens (including phenoxy) is 1. The lowest BCUT2D eigenvalue weighted by Gasteiger charge is -2.27. The standard InChI is InChI=1S/C16H28N4O2/c1-7-12-11(10-20(6)19-12)9-17-14(21)18-13-8-15(2,3)22-16(13,4)5/h10,13H,7-9H2,1-6H3,(H2,17,18,21)/t13-/m1/s1. The molecule has 1 aromatic rings. The molecule has 6 heteroatoms. The number of hydrogen-bond acceptors (Lipinski definition) is 3. The highest BCUT2D eigenvalue weighted by molar-refractivity contribution is 5.74. The summed E-state index contributed by atoms with van der Waals surface area (Å²) in [4.78, 5) is 12.2. The number of carbonyl (C=O) groups is 1. The van der Waals surface area contributed by atoms with E-state index in [9.17, 15) is 4.79 Å². The molecule has 2 N–H and O–H groups in total. The van der Waals surface area contributed by atoms with Crippen molar-refractivity contribution in [1.82, 2.24) is 20.4 Å². The number of carbonyl (C=O) groups excluding carboxylic acids is 1. The van der Waals surface area contributed by atoms with Crippen LogP contribution >= 0.6 is 0 Å². The molecule has 1 aliphatic heterocycles. The molecule has 0 spiro atoms. The third kappa shape index (κ3) is 3.80. The van der Waals surface area contributed by atoms with Gasteiger partial charge in [-0.25, -0.2) is 4.79 Å². The number of aryl methyl sites for hydroxylation is 2. The fourth-order valence-electron chi connectivity index (χ4n) is 3.20. The van der Waals surface area contributed by atoms with Crippen molar-refractivity contribution < 1.29 is 9.53 Å². The normalized spacial score (nSPS) is 22.5. The fraction of sp³-hybridized carbons (Fsp3) is 0.750. The number of rotatable bonds is 4. The molecule has 2 heterocycles. The van der Waals surface area contributed by atoms with Crippen molar-refractivity contribution in [3.63, 3.8) is 0 Å². The zero-order chi connectivity index (χ0) is 16.5. The van der Waals surface area contributed by atoms with Crippen LogP contribution < -0.4 is 10.6 Å². The van der Waals surface area contributed by atoms with E-state index in [1.54, 1.807) is 4.68 Å². The summed E-state index contributed by atoms with van der Waals surface area (Å²) in [6.07, 6.45) is 3.61. The monoisotopic (exact) mass is 308 g/mol. The predicted molar refractivity (Wildman–Crippen MR) is 85.6 cm³/mol. The number of nitrogens with one attached hydrogen (secondary N) is 2. The zero-order valence-corrected chi connectivity index (χ0v) is 14.5. The van der Waals surface area contributed by atoms with Gasteiger partial charge in [0.1, 0.15) is 0 Å². The van der Waals surface area contributed by atoms with Crippen molar-refractivity contribution in [1.29, 1.82) is 0 Å². The molecule has 2 amide bonds. The second-order valence-electron chi connectivity index (χ2n) is 7.18. The van der Waals surface area contributed by atoms with Crippen LogP contribution in [0.2, 0.25) is 0 Å². The molecule has 1 aromatic heterocycles. The molecule has 1 aliphatic rings. The van der Waals surface area contributed by atoms with E-state index in [2.05, 4.69) is 36.5 Å². The smallest absolute Gasteiger partial charge is 0.315 e. The molecule has 0 radical (unpaired) electrons. The molecule has 0 saturated carbocycles. The molecule has 0 unspecified atom stereocenters. The lowest BCUT2D eigenvalue weighted by Crippen LogP contribution is -2.49. The maximum atomic E-state index is 12.2. The molecular formula is C16H28N4O2. The number of amides is 2. The van der Waals surface area contributed by atoms with Crippen LogP contribution in [-0.2, 0) is 24.8 Å². The molecule has 6 nitrogen and oxygen atoms in total. The maximum Gasteiger partial charge on any atom is 0.315 e. The Hall–Kier alpha value is -1.56. The van der Waals surface area contributed by atoms with Crippen LogP contribution in [0.15, 0.2) is 6.20 Å². The molecule has 0 aromatic carbocycles. The maximum absolute atomic E-state index is 12.2.